The molecular formula is C10H9BrFNO2. The zero-order valence-corrected chi connectivity index (χ0v) is 9.55. The summed E-state index contributed by atoms with van der Waals surface area (Å²) in [4.78, 5) is 11.5. The van der Waals surface area contributed by atoms with Crippen LogP contribution in [0.15, 0.2) is 22.7 Å². The van der Waals surface area contributed by atoms with Gasteiger partial charge in [-0.2, -0.15) is 0 Å². The van der Waals surface area contributed by atoms with Crippen molar-refractivity contribution in [2.75, 3.05) is 7.11 Å². The lowest BCUT2D eigenvalue weighted by molar-refractivity contribution is 0.00276. The topological polar surface area (TPSA) is 38.3 Å². The lowest BCUT2D eigenvalue weighted by Crippen LogP contribution is -2.44. The summed E-state index contributed by atoms with van der Waals surface area (Å²) in [6.45, 7) is 0. The van der Waals surface area contributed by atoms with Crippen molar-refractivity contribution in [3.05, 3.63) is 33.8 Å². The van der Waals surface area contributed by atoms with Crippen molar-refractivity contribution >= 4 is 21.8 Å². The Kier molecular flexibility index (Phi) is 2.75. The maximum Gasteiger partial charge on any atom is 0.253 e. The molecule has 3 nitrogen and oxygen atoms in total. The fourth-order valence-electron chi connectivity index (χ4n) is 1.59. The number of hydrogen-bond acceptors (Lipinski definition) is 2. The minimum absolute atomic E-state index is 0.307. The average molecular weight is 274 g/mol. The van der Waals surface area contributed by atoms with E-state index < -0.39 is 12.4 Å². The lowest BCUT2D eigenvalue weighted by atomic mass is 9.98. The Morgan fingerprint density at radius 1 is 1.53 bits per heavy atom. The summed E-state index contributed by atoms with van der Waals surface area (Å²) in [6, 6.07) is 4.90. The first-order valence-corrected chi connectivity index (χ1v) is 5.20. The minimum atomic E-state index is -1.33. The monoisotopic (exact) mass is 273 g/mol. The van der Waals surface area contributed by atoms with Gasteiger partial charge in [0, 0.05) is 22.7 Å². The molecule has 2 rings (SSSR count). The molecule has 0 fully saturated rings. The second-order valence-electron chi connectivity index (χ2n) is 3.26. The van der Waals surface area contributed by atoms with Crippen molar-refractivity contribution in [2.45, 2.75) is 12.4 Å². The van der Waals surface area contributed by atoms with E-state index in [9.17, 15) is 9.18 Å². The van der Waals surface area contributed by atoms with E-state index in [2.05, 4.69) is 21.2 Å². The molecule has 0 saturated heterocycles. The van der Waals surface area contributed by atoms with Crippen LogP contribution in [0.4, 0.5) is 4.39 Å². The smallest absolute Gasteiger partial charge is 0.253 e. The second-order valence-corrected chi connectivity index (χ2v) is 4.18. The molecule has 0 aromatic heterocycles. The molecule has 1 amide bonds. The zero-order chi connectivity index (χ0) is 11.0. The Labute approximate surface area is 94.7 Å². The summed E-state index contributed by atoms with van der Waals surface area (Å²) < 4.78 is 19.4. The van der Waals surface area contributed by atoms with Gasteiger partial charge in [-0.15, -0.1) is 0 Å². The molecule has 1 aliphatic rings. The van der Waals surface area contributed by atoms with Gasteiger partial charge in [0.25, 0.3) is 5.91 Å². The number of alkyl halides is 1. The van der Waals surface area contributed by atoms with Crippen LogP contribution in [0.1, 0.15) is 22.1 Å². The van der Waals surface area contributed by atoms with Crippen molar-refractivity contribution in [3.8, 4) is 0 Å². The van der Waals surface area contributed by atoms with Crippen LogP contribution in [0, 0.1) is 0 Å². The second kappa shape index (κ2) is 3.90. The molecule has 0 aliphatic carbocycles. The maximum atomic E-state index is 13.8. The highest BCUT2D eigenvalue weighted by molar-refractivity contribution is 9.10. The number of carbonyl (C=O) groups is 1. The SMILES string of the molecule is COC1NC(=O)c2ccc(Br)cc2C1F. The van der Waals surface area contributed by atoms with E-state index in [4.69, 9.17) is 4.74 Å². The van der Waals surface area contributed by atoms with Gasteiger partial charge in [0.2, 0.25) is 0 Å². The van der Waals surface area contributed by atoms with Crippen molar-refractivity contribution in [1.82, 2.24) is 5.32 Å². The lowest BCUT2D eigenvalue weighted by Gasteiger charge is -2.27. The molecule has 2 unspecified atom stereocenters. The van der Waals surface area contributed by atoms with E-state index in [0.29, 0.717) is 11.1 Å². The summed E-state index contributed by atoms with van der Waals surface area (Å²) in [7, 11) is 1.36. The van der Waals surface area contributed by atoms with E-state index in [0.717, 1.165) is 4.47 Å². The van der Waals surface area contributed by atoms with E-state index in [-0.39, 0.29) is 5.91 Å². The van der Waals surface area contributed by atoms with Crippen LogP contribution >= 0.6 is 15.9 Å². The van der Waals surface area contributed by atoms with E-state index in [1.807, 2.05) is 0 Å². The number of fused-ring (bicyclic) bond motifs is 1. The summed E-state index contributed by atoms with van der Waals surface area (Å²) >= 11 is 3.24. The van der Waals surface area contributed by atoms with E-state index >= 15 is 0 Å². The summed E-state index contributed by atoms with van der Waals surface area (Å²) in [5.74, 6) is -0.307. The van der Waals surface area contributed by atoms with Gasteiger partial charge in [0.1, 0.15) is 0 Å². The molecule has 1 aliphatic heterocycles. The van der Waals surface area contributed by atoms with Crippen molar-refractivity contribution in [2.24, 2.45) is 0 Å². The molecule has 1 aromatic carbocycles. The Morgan fingerprint density at radius 3 is 2.93 bits per heavy atom. The minimum Gasteiger partial charge on any atom is -0.358 e. The van der Waals surface area contributed by atoms with Crippen LogP contribution in [-0.2, 0) is 4.74 Å². The largest absolute Gasteiger partial charge is 0.358 e. The number of rotatable bonds is 1. The summed E-state index contributed by atoms with van der Waals surface area (Å²) in [5.41, 5.74) is 0.721. The molecule has 15 heavy (non-hydrogen) atoms. The standard InChI is InChI=1S/C10H9BrFNO2/c1-15-10-8(12)7-4-5(11)2-3-6(7)9(14)13-10/h2-4,8,10H,1H3,(H,13,14). The first kappa shape index (κ1) is 10.6. The van der Waals surface area contributed by atoms with Gasteiger partial charge in [-0.1, -0.05) is 15.9 Å². The number of nitrogens with one attached hydrogen (secondary N) is 1. The molecule has 1 heterocycles. The van der Waals surface area contributed by atoms with E-state index in [1.54, 1.807) is 18.2 Å². The molecule has 1 N–H and O–H groups in total. The molecule has 5 heteroatoms. The normalized spacial score (nSPS) is 24.6. The molecular weight excluding hydrogens is 265 g/mol. The molecule has 0 radical (unpaired) electrons. The maximum absolute atomic E-state index is 13.8. The highest BCUT2D eigenvalue weighted by Crippen LogP contribution is 2.31. The zero-order valence-electron chi connectivity index (χ0n) is 7.96. The molecule has 80 valence electrons. The molecule has 0 bridgehead atoms. The Morgan fingerprint density at radius 2 is 2.27 bits per heavy atom. The van der Waals surface area contributed by atoms with Gasteiger partial charge >= 0.3 is 0 Å². The van der Waals surface area contributed by atoms with Gasteiger partial charge in [0.05, 0.1) is 0 Å². The third-order valence-corrected chi connectivity index (χ3v) is 2.84. The fourth-order valence-corrected chi connectivity index (χ4v) is 1.97. The molecule has 1 aromatic rings. The van der Waals surface area contributed by atoms with Crippen LogP contribution in [0.5, 0.6) is 0 Å². The van der Waals surface area contributed by atoms with Crippen LogP contribution in [0.3, 0.4) is 0 Å². The van der Waals surface area contributed by atoms with Crippen LogP contribution < -0.4 is 5.32 Å². The predicted molar refractivity (Wildman–Crippen MR) is 56.3 cm³/mol. The van der Waals surface area contributed by atoms with Crippen molar-refractivity contribution < 1.29 is 13.9 Å². The summed E-state index contributed by atoms with van der Waals surface area (Å²) in [5, 5.41) is 2.44. The summed E-state index contributed by atoms with van der Waals surface area (Å²) in [6.07, 6.45) is -2.24. The van der Waals surface area contributed by atoms with Crippen molar-refractivity contribution in [1.29, 1.82) is 0 Å². The first-order chi connectivity index (χ1) is 7.13. The van der Waals surface area contributed by atoms with E-state index in [1.165, 1.54) is 7.11 Å². The first-order valence-electron chi connectivity index (χ1n) is 4.40. The number of methoxy groups -OCH3 is 1. The van der Waals surface area contributed by atoms with Gasteiger partial charge in [-0.25, -0.2) is 4.39 Å². The highest BCUT2D eigenvalue weighted by Gasteiger charge is 2.33. The number of benzene rings is 1. The predicted octanol–water partition coefficient (Wildman–Crippen LogP) is 2.18. The molecule has 0 spiro atoms. The number of hydrogen-bond donors (Lipinski definition) is 1. The number of ether oxygens (including phenoxy) is 1. The van der Waals surface area contributed by atoms with Crippen molar-refractivity contribution in [3.63, 3.8) is 0 Å². The Bertz CT molecular complexity index is 410. The van der Waals surface area contributed by atoms with Gasteiger partial charge < -0.3 is 10.1 Å². The Hall–Kier alpha value is -0.940. The average Bonchev–Trinajstić information content (AvgIpc) is 2.23. The molecule has 2 atom stereocenters. The van der Waals surface area contributed by atoms with Crippen LogP contribution in [-0.4, -0.2) is 19.2 Å². The molecule has 0 saturated carbocycles. The number of amides is 1. The fraction of sp³-hybridized carbons (Fsp3) is 0.300. The Balaban J connectivity index is 2.50. The third-order valence-electron chi connectivity index (χ3n) is 2.35. The quantitative estimate of drug-likeness (QED) is 0.852. The van der Waals surface area contributed by atoms with Crippen LogP contribution in [0.25, 0.3) is 0 Å². The van der Waals surface area contributed by atoms with Gasteiger partial charge in [0.15, 0.2) is 12.4 Å². The van der Waals surface area contributed by atoms with Crippen LogP contribution in [0.2, 0.25) is 0 Å². The third kappa shape index (κ3) is 1.77. The number of halogens is 2. The number of carbonyl (C=O) groups excluding carboxylic acids is 1. The van der Waals surface area contributed by atoms with Gasteiger partial charge in [-0.05, 0) is 18.2 Å². The van der Waals surface area contributed by atoms with Gasteiger partial charge in [-0.3, -0.25) is 4.79 Å². The highest BCUT2D eigenvalue weighted by atomic mass is 79.9.